The summed E-state index contributed by atoms with van der Waals surface area (Å²) in [5.74, 6) is 0. The second-order valence-corrected chi connectivity index (χ2v) is 5.91. The number of likely N-dealkylation sites (N-methyl/N-ethyl adjacent to an activating group) is 1. The summed E-state index contributed by atoms with van der Waals surface area (Å²) in [5, 5.41) is 3.50. The van der Waals surface area contributed by atoms with Crippen LogP contribution in [0.5, 0.6) is 0 Å². The highest BCUT2D eigenvalue weighted by Gasteiger charge is 2.13. The van der Waals surface area contributed by atoms with E-state index in [4.69, 9.17) is 0 Å². The van der Waals surface area contributed by atoms with Crippen molar-refractivity contribution in [1.29, 1.82) is 0 Å². The number of benzene rings is 1. The number of anilines is 1. The Labute approximate surface area is 124 Å². The number of rotatable bonds is 7. The lowest BCUT2D eigenvalue weighted by Gasteiger charge is -2.32. The zero-order valence-electron chi connectivity index (χ0n) is 13.1. The summed E-state index contributed by atoms with van der Waals surface area (Å²) < 4.78 is 0. The number of hydrogen-bond acceptors (Lipinski definition) is 3. The lowest BCUT2D eigenvalue weighted by molar-refractivity contribution is 0.148. The summed E-state index contributed by atoms with van der Waals surface area (Å²) in [6.45, 7) is 9.18. The molecule has 1 aromatic carbocycles. The van der Waals surface area contributed by atoms with E-state index in [0.717, 1.165) is 13.1 Å². The van der Waals surface area contributed by atoms with Crippen LogP contribution in [0, 0.1) is 0 Å². The van der Waals surface area contributed by atoms with Gasteiger partial charge in [-0.05, 0) is 31.2 Å². The fourth-order valence-corrected chi connectivity index (χ4v) is 2.60. The predicted octanol–water partition coefficient (Wildman–Crippen LogP) is 3.04. The summed E-state index contributed by atoms with van der Waals surface area (Å²) in [5.41, 5.74) is 2.68. The molecule has 1 N–H and O–H groups in total. The fraction of sp³-hybridized carbons (Fsp3) is 0.647. The standard InChI is InChI=1S/C17H29N3/c1-3-4-5-10-18-17-8-6-16(7-9-17)15-20-13-11-19(2)12-14-20/h6-9,18H,3-5,10-15H2,1-2H3. The van der Waals surface area contributed by atoms with Gasteiger partial charge in [-0.2, -0.15) is 0 Å². The molecule has 0 radical (unpaired) electrons. The van der Waals surface area contributed by atoms with Crippen LogP contribution in [-0.2, 0) is 6.54 Å². The van der Waals surface area contributed by atoms with E-state index >= 15 is 0 Å². The number of hydrogen-bond donors (Lipinski definition) is 1. The number of unbranched alkanes of at least 4 members (excludes halogenated alkanes) is 2. The zero-order chi connectivity index (χ0) is 14.2. The largest absolute Gasteiger partial charge is 0.385 e. The molecule has 3 nitrogen and oxygen atoms in total. The van der Waals surface area contributed by atoms with Crippen LogP contribution < -0.4 is 5.32 Å². The molecule has 1 heterocycles. The van der Waals surface area contributed by atoms with Gasteiger partial charge in [0.25, 0.3) is 0 Å². The number of piperazine rings is 1. The monoisotopic (exact) mass is 275 g/mol. The van der Waals surface area contributed by atoms with Crippen LogP contribution in [0.15, 0.2) is 24.3 Å². The minimum atomic E-state index is 1.09. The molecule has 20 heavy (non-hydrogen) atoms. The Morgan fingerprint density at radius 1 is 1.00 bits per heavy atom. The van der Waals surface area contributed by atoms with E-state index in [1.54, 1.807) is 0 Å². The first kappa shape index (κ1) is 15.3. The van der Waals surface area contributed by atoms with Gasteiger partial charge in [-0.25, -0.2) is 0 Å². The van der Waals surface area contributed by atoms with Gasteiger partial charge in [-0.15, -0.1) is 0 Å². The second-order valence-electron chi connectivity index (χ2n) is 5.91. The van der Waals surface area contributed by atoms with E-state index in [-0.39, 0.29) is 0 Å². The van der Waals surface area contributed by atoms with Gasteiger partial charge in [0.1, 0.15) is 0 Å². The highest BCUT2D eigenvalue weighted by atomic mass is 15.2. The van der Waals surface area contributed by atoms with Crippen molar-refractivity contribution in [1.82, 2.24) is 9.80 Å². The highest BCUT2D eigenvalue weighted by molar-refractivity contribution is 5.44. The van der Waals surface area contributed by atoms with Gasteiger partial charge in [-0.1, -0.05) is 31.9 Å². The fourth-order valence-electron chi connectivity index (χ4n) is 2.60. The molecule has 0 saturated carbocycles. The normalized spacial score (nSPS) is 17.3. The Balaban J connectivity index is 1.73. The molecule has 1 saturated heterocycles. The van der Waals surface area contributed by atoms with Crippen LogP contribution in [-0.4, -0.2) is 49.6 Å². The Morgan fingerprint density at radius 2 is 1.70 bits per heavy atom. The van der Waals surface area contributed by atoms with Crippen molar-refractivity contribution in [2.75, 3.05) is 45.1 Å². The zero-order valence-corrected chi connectivity index (χ0v) is 13.1. The quantitative estimate of drug-likeness (QED) is 0.772. The molecule has 0 bridgehead atoms. The van der Waals surface area contributed by atoms with E-state index in [1.807, 2.05) is 0 Å². The molecule has 0 aromatic heterocycles. The molecule has 2 rings (SSSR count). The van der Waals surface area contributed by atoms with Crippen molar-refractivity contribution >= 4 is 5.69 Å². The van der Waals surface area contributed by atoms with Gasteiger partial charge in [0.15, 0.2) is 0 Å². The van der Waals surface area contributed by atoms with Gasteiger partial charge < -0.3 is 10.2 Å². The molecule has 1 aromatic rings. The molecular weight excluding hydrogens is 246 g/mol. The Bertz CT molecular complexity index is 366. The van der Waals surface area contributed by atoms with Gasteiger partial charge in [0.2, 0.25) is 0 Å². The van der Waals surface area contributed by atoms with E-state index in [1.165, 1.54) is 56.7 Å². The highest BCUT2D eigenvalue weighted by Crippen LogP contribution is 2.13. The molecule has 1 aliphatic rings. The minimum absolute atomic E-state index is 1.09. The van der Waals surface area contributed by atoms with Crippen LogP contribution in [0.2, 0.25) is 0 Å². The first-order valence-electron chi connectivity index (χ1n) is 8.01. The molecule has 0 spiro atoms. The van der Waals surface area contributed by atoms with Crippen LogP contribution in [0.3, 0.4) is 0 Å². The Hall–Kier alpha value is -1.06. The summed E-state index contributed by atoms with van der Waals surface area (Å²) in [7, 11) is 2.20. The molecular formula is C17H29N3. The number of nitrogens with zero attached hydrogens (tertiary/aromatic N) is 2. The minimum Gasteiger partial charge on any atom is -0.385 e. The van der Waals surface area contributed by atoms with E-state index in [2.05, 4.69) is 53.4 Å². The van der Waals surface area contributed by atoms with Crippen molar-refractivity contribution in [3.05, 3.63) is 29.8 Å². The van der Waals surface area contributed by atoms with Crippen LogP contribution in [0.1, 0.15) is 31.7 Å². The van der Waals surface area contributed by atoms with Crippen LogP contribution >= 0.6 is 0 Å². The smallest absolute Gasteiger partial charge is 0.0340 e. The molecule has 112 valence electrons. The molecule has 1 fully saturated rings. The van der Waals surface area contributed by atoms with Crippen molar-refractivity contribution in [2.45, 2.75) is 32.7 Å². The van der Waals surface area contributed by atoms with E-state index < -0.39 is 0 Å². The predicted molar refractivity (Wildman–Crippen MR) is 87.2 cm³/mol. The molecule has 0 amide bonds. The lowest BCUT2D eigenvalue weighted by Crippen LogP contribution is -2.43. The lowest BCUT2D eigenvalue weighted by atomic mass is 10.1. The second kappa shape index (κ2) is 8.28. The molecule has 0 atom stereocenters. The van der Waals surface area contributed by atoms with Crippen molar-refractivity contribution < 1.29 is 0 Å². The molecule has 0 unspecified atom stereocenters. The van der Waals surface area contributed by atoms with Crippen LogP contribution in [0.4, 0.5) is 5.69 Å². The third kappa shape index (κ3) is 5.14. The van der Waals surface area contributed by atoms with Gasteiger partial charge in [-0.3, -0.25) is 4.90 Å². The molecule has 0 aliphatic carbocycles. The van der Waals surface area contributed by atoms with Gasteiger partial charge in [0.05, 0.1) is 0 Å². The van der Waals surface area contributed by atoms with Crippen molar-refractivity contribution in [3.8, 4) is 0 Å². The van der Waals surface area contributed by atoms with Gasteiger partial charge in [0, 0.05) is 45.0 Å². The maximum Gasteiger partial charge on any atom is 0.0340 e. The third-order valence-electron chi connectivity index (χ3n) is 4.07. The van der Waals surface area contributed by atoms with Crippen molar-refractivity contribution in [3.63, 3.8) is 0 Å². The maximum atomic E-state index is 3.50. The topological polar surface area (TPSA) is 18.5 Å². The van der Waals surface area contributed by atoms with E-state index in [9.17, 15) is 0 Å². The Kier molecular flexibility index (Phi) is 6.34. The van der Waals surface area contributed by atoms with Crippen molar-refractivity contribution in [2.24, 2.45) is 0 Å². The van der Waals surface area contributed by atoms with Crippen LogP contribution in [0.25, 0.3) is 0 Å². The average Bonchev–Trinajstić information content (AvgIpc) is 2.48. The molecule has 3 heteroatoms. The summed E-state index contributed by atoms with van der Waals surface area (Å²) >= 11 is 0. The van der Waals surface area contributed by atoms with Gasteiger partial charge >= 0.3 is 0 Å². The average molecular weight is 275 g/mol. The Morgan fingerprint density at radius 3 is 2.35 bits per heavy atom. The first-order chi connectivity index (χ1) is 9.78. The summed E-state index contributed by atoms with van der Waals surface area (Å²) in [6.07, 6.45) is 3.86. The summed E-state index contributed by atoms with van der Waals surface area (Å²) in [4.78, 5) is 4.95. The SMILES string of the molecule is CCCCCNc1ccc(CN2CCN(C)CC2)cc1. The van der Waals surface area contributed by atoms with E-state index in [0.29, 0.717) is 0 Å². The maximum absolute atomic E-state index is 3.50. The molecule has 1 aliphatic heterocycles. The first-order valence-corrected chi connectivity index (χ1v) is 8.01. The summed E-state index contributed by atoms with van der Waals surface area (Å²) in [6, 6.07) is 8.97. The number of nitrogens with one attached hydrogen (secondary N) is 1. The third-order valence-corrected chi connectivity index (χ3v) is 4.07.